The summed E-state index contributed by atoms with van der Waals surface area (Å²) in [6, 6.07) is 70.8. The van der Waals surface area contributed by atoms with Crippen molar-refractivity contribution in [3.8, 4) is 44.8 Å². The summed E-state index contributed by atoms with van der Waals surface area (Å²) in [7, 11) is 0. The minimum absolute atomic E-state index is 0.953. The monoisotopic (exact) mass is 639 g/mol. The molecular formula is C47H33N3. The zero-order chi connectivity index (χ0) is 33.3. The molecule has 0 radical (unpaired) electrons. The molecule has 236 valence electrons. The summed E-state index contributed by atoms with van der Waals surface area (Å²) < 4.78 is 2.20. The van der Waals surface area contributed by atoms with Crippen LogP contribution in [-0.2, 0) is 0 Å². The number of fused-ring (bicyclic) bond motifs is 3. The number of aromatic nitrogens is 2. The molecule has 0 unspecified atom stereocenters. The van der Waals surface area contributed by atoms with Crippen LogP contribution in [0.25, 0.3) is 61.1 Å². The maximum absolute atomic E-state index is 5.56. The second kappa shape index (κ2) is 12.7. The molecule has 0 saturated heterocycles. The third-order valence-electron chi connectivity index (χ3n) is 9.39. The van der Waals surface area contributed by atoms with E-state index in [9.17, 15) is 0 Å². The van der Waals surface area contributed by atoms with Gasteiger partial charge in [-0.3, -0.25) is 0 Å². The van der Waals surface area contributed by atoms with Crippen molar-refractivity contribution in [3.63, 3.8) is 0 Å². The van der Waals surface area contributed by atoms with E-state index in [-0.39, 0.29) is 0 Å². The Morgan fingerprint density at radius 1 is 0.360 bits per heavy atom. The van der Waals surface area contributed by atoms with E-state index in [1.165, 1.54) is 11.1 Å². The lowest BCUT2D eigenvalue weighted by atomic mass is 9.95. The highest BCUT2D eigenvalue weighted by Crippen LogP contribution is 2.49. The molecule has 0 amide bonds. The van der Waals surface area contributed by atoms with Gasteiger partial charge in [0.25, 0.3) is 0 Å². The van der Waals surface area contributed by atoms with Crippen LogP contribution in [0.4, 0.5) is 17.1 Å². The molecule has 9 rings (SSSR count). The van der Waals surface area contributed by atoms with E-state index in [1.54, 1.807) is 0 Å². The van der Waals surface area contributed by atoms with Crippen LogP contribution in [-0.4, -0.2) is 9.61 Å². The molecular weight excluding hydrogens is 607 g/mol. The molecule has 0 N–H and O–H groups in total. The number of hydrogen-bond donors (Lipinski definition) is 0. The van der Waals surface area contributed by atoms with E-state index in [1.807, 2.05) is 0 Å². The van der Waals surface area contributed by atoms with Crippen LogP contribution in [0.3, 0.4) is 0 Å². The standard InChI is InChI=1S/C47H33N3/c1-6-18-34(19-7-1)35-30-32-40(33-31-35)49(39-26-14-5-15-27-39)47-42-29-17-16-28-41(42)46-43(36-20-8-2-9-21-36)44(37-22-10-3-11-23-37)48-50(46)45(47)38-24-12-4-13-25-38/h1-33H. The molecule has 0 fully saturated rings. The molecule has 3 heteroatoms. The van der Waals surface area contributed by atoms with E-state index in [0.29, 0.717) is 0 Å². The topological polar surface area (TPSA) is 20.5 Å². The number of anilines is 3. The van der Waals surface area contributed by atoms with Crippen LogP contribution in [0.2, 0.25) is 0 Å². The lowest BCUT2D eigenvalue weighted by Gasteiger charge is -2.30. The van der Waals surface area contributed by atoms with Crippen molar-refractivity contribution in [2.45, 2.75) is 0 Å². The summed E-state index contributed by atoms with van der Waals surface area (Å²) >= 11 is 0. The van der Waals surface area contributed by atoms with E-state index < -0.39 is 0 Å². The molecule has 0 aliphatic carbocycles. The number of hydrogen-bond acceptors (Lipinski definition) is 2. The Bertz CT molecular complexity index is 2540. The molecule has 3 nitrogen and oxygen atoms in total. The fourth-order valence-corrected chi connectivity index (χ4v) is 7.13. The number of nitrogens with zero attached hydrogens (tertiary/aromatic N) is 3. The number of rotatable bonds is 7. The summed E-state index contributed by atoms with van der Waals surface area (Å²) in [4.78, 5) is 2.39. The van der Waals surface area contributed by atoms with Gasteiger partial charge >= 0.3 is 0 Å². The van der Waals surface area contributed by atoms with Crippen molar-refractivity contribution in [1.29, 1.82) is 0 Å². The summed E-state index contributed by atoms with van der Waals surface area (Å²) in [6.45, 7) is 0. The van der Waals surface area contributed by atoms with Crippen LogP contribution in [0.5, 0.6) is 0 Å². The predicted octanol–water partition coefficient (Wildman–Crippen LogP) is 12.6. The first-order valence-electron chi connectivity index (χ1n) is 17.0. The first-order chi connectivity index (χ1) is 24.8. The van der Waals surface area contributed by atoms with Crippen molar-refractivity contribution < 1.29 is 0 Å². The van der Waals surface area contributed by atoms with Gasteiger partial charge in [-0.15, -0.1) is 0 Å². The van der Waals surface area contributed by atoms with Crippen molar-refractivity contribution in [3.05, 3.63) is 200 Å². The van der Waals surface area contributed by atoms with Crippen molar-refractivity contribution in [2.75, 3.05) is 4.90 Å². The number of pyridine rings is 1. The second-order valence-electron chi connectivity index (χ2n) is 12.4. The third-order valence-corrected chi connectivity index (χ3v) is 9.39. The average Bonchev–Trinajstić information content (AvgIpc) is 3.61. The largest absolute Gasteiger partial charge is 0.308 e. The Kier molecular flexibility index (Phi) is 7.49. The van der Waals surface area contributed by atoms with Gasteiger partial charge < -0.3 is 4.90 Å². The summed E-state index contributed by atoms with van der Waals surface area (Å²) in [5.41, 5.74) is 13.1. The average molecular weight is 640 g/mol. The Morgan fingerprint density at radius 2 is 0.800 bits per heavy atom. The second-order valence-corrected chi connectivity index (χ2v) is 12.4. The highest BCUT2D eigenvalue weighted by molar-refractivity contribution is 6.15. The van der Waals surface area contributed by atoms with Crippen LogP contribution >= 0.6 is 0 Å². The maximum atomic E-state index is 5.56. The molecule has 0 aliphatic rings. The Labute approximate surface area is 292 Å². The Morgan fingerprint density at radius 3 is 1.40 bits per heavy atom. The van der Waals surface area contributed by atoms with Gasteiger partial charge in [0.05, 0.1) is 16.9 Å². The van der Waals surface area contributed by atoms with Gasteiger partial charge in [-0.1, -0.05) is 176 Å². The van der Waals surface area contributed by atoms with Crippen molar-refractivity contribution >= 4 is 33.4 Å². The van der Waals surface area contributed by atoms with Gasteiger partial charge in [-0.2, -0.15) is 5.10 Å². The fraction of sp³-hybridized carbons (Fsp3) is 0. The summed E-state index contributed by atoms with van der Waals surface area (Å²) in [6.07, 6.45) is 0. The minimum Gasteiger partial charge on any atom is -0.308 e. The lowest BCUT2D eigenvalue weighted by molar-refractivity contribution is 0.976. The molecule has 0 saturated carbocycles. The van der Waals surface area contributed by atoms with Gasteiger partial charge in [-0.05, 0) is 41.0 Å². The molecule has 9 aromatic rings. The first-order valence-corrected chi connectivity index (χ1v) is 17.0. The predicted molar refractivity (Wildman–Crippen MR) is 209 cm³/mol. The van der Waals surface area contributed by atoms with E-state index in [2.05, 4.69) is 210 Å². The Hall–Kier alpha value is -6.71. The first kappa shape index (κ1) is 29.4. The van der Waals surface area contributed by atoms with Gasteiger partial charge in [0.15, 0.2) is 0 Å². The van der Waals surface area contributed by atoms with E-state index >= 15 is 0 Å². The SMILES string of the molecule is c1ccc(-c2ccc(N(c3ccccc3)c3c(-c4ccccc4)n4nc(-c5ccccc5)c(-c5ccccc5)c4c4ccccc34)cc2)cc1. The van der Waals surface area contributed by atoms with Crippen LogP contribution < -0.4 is 4.90 Å². The van der Waals surface area contributed by atoms with Crippen molar-refractivity contribution in [2.24, 2.45) is 0 Å². The van der Waals surface area contributed by atoms with E-state index in [0.717, 1.165) is 67.0 Å². The van der Waals surface area contributed by atoms with Gasteiger partial charge in [0.2, 0.25) is 0 Å². The van der Waals surface area contributed by atoms with Crippen molar-refractivity contribution in [1.82, 2.24) is 9.61 Å². The molecule has 0 aliphatic heterocycles. The Balaban J connectivity index is 1.43. The molecule has 2 heterocycles. The molecule has 7 aromatic carbocycles. The van der Waals surface area contributed by atoms with Gasteiger partial charge in [-0.25, -0.2) is 4.52 Å². The summed E-state index contributed by atoms with van der Waals surface area (Å²) in [5, 5.41) is 7.84. The number of benzene rings is 7. The zero-order valence-corrected chi connectivity index (χ0v) is 27.4. The normalized spacial score (nSPS) is 11.2. The smallest absolute Gasteiger partial charge is 0.101 e. The van der Waals surface area contributed by atoms with Gasteiger partial charge in [0.1, 0.15) is 5.69 Å². The molecule has 0 spiro atoms. The van der Waals surface area contributed by atoms with Crippen LogP contribution in [0.15, 0.2) is 200 Å². The quantitative estimate of drug-likeness (QED) is 0.173. The molecule has 0 atom stereocenters. The third kappa shape index (κ3) is 5.13. The van der Waals surface area contributed by atoms with Gasteiger partial charge in [0, 0.05) is 38.8 Å². The van der Waals surface area contributed by atoms with Crippen LogP contribution in [0.1, 0.15) is 0 Å². The van der Waals surface area contributed by atoms with Crippen LogP contribution in [0, 0.1) is 0 Å². The lowest BCUT2D eigenvalue weighted by Crippen LogP contribution is -2.14. The minimum atomic E-state index is 0.953. The maximum Gasteiger partial charge on any atom is 0.101 e. The number of para-hydroxylation sites is 1. The highest BCUT2D eigenvalue weighted by Gasteiger charge is 2.28. The molecule has 2 aromatic heterocycles. The highest BCUT2D eigenvalue weighted by atomic mass is 15.3. The molecule has 0 bridgehead atoms. The van der Waals surface area contributed by atoms with E-state index in [4.69, 9.17) is 5.10 Å². The zero-order valence-electron chi connectivity index (χ0n) is 27.4. The fourth-order valence-electron chi connectivity index (χ4n) is 7.13. The summed E-state index contributed by atoms with van der Waals surface area (Å²) in [5.74, 6) is 0. The molecule has 50 heavy (non-hydrogen) atoms.